The molecule has 25 heavy (non-hydrogen) atoms. The van der Waals surface area contributed by atoms with Gasteiger partial charge in [0.05, 0.1) is 0 Å². The van der Waals surface area contributed by atoms with Crippen LogP contribution in [0.3, 0.4) is 0 Å². The van der Waals surface area contributed by atoms with Crippen molar-refractivity contribution in [1.29, 1.82) is 0 Å². The molecule has 0 aromatic carbocycles. The zero-order chi connectivity index (χ0) is 19.8. The van der Waals surface area contributed by atoms with Gasteiger partial charge in [0.2, 0.25) is 0 Å². The van der Waals surface area contributed by atoms with Crippen molar-refractivity contribution in [3.8, 4) is 0 Å². The first-order valence-electron chi connectivity index (χ1n) is 7.80. The Bertz CT molecular complexity index is 540. The number of rotatable bonds is 4. The highest BCUT2D eigenvalue weighted by molar-refractivity contribution is 7.81. The molecule has 0 radical (unpaired) electrons. The molecule has 144 valence electrons. The van der Waals surface area contributed by atoms with Crippen molar-refractivity contribution in [2.24, 2.45) is 0 Å². The van der Waals surface area contributed by atoms with Gasteiger partial charge in [-0.15, -0.1) is 0 Å². The number of halogens is 3. The number of hydrogen-bond acceptors (Lipinski definition) is 4. The number of hydrogen-bond donors (Lipinski definition) is 2. The molecule has 8 heteroatoms. The molecular formula is C17H26F3NO3S. The number of carbonyl (C=O) groups is 2. The van der Waals surface area contributed by atoms with Gasteiger partial charge in [0, 0.05) is 24.6 Å². The van der Waals surface area contributed by atoms with E-state index >= 15 is 0 Å². The molecule has 0 aromatic rings. The Morgan fingerprint density at radius 2 is 1.96 bits per heavy atom. The van der Waals surface area contributed by atoms with Crippen molar-refractivity contribution in [3.05, 3.63) is 23.8 Å². The summed E-state index contributed by atoms with van der Waals surface area (Å²) in [6.07, 6.45) is 1.13. The Morgan fingerprint density at radius 1 is 1.40 bits per heavy atom. The zero-order valence-electron chi connectivity index (χ0n) is 15.2. The Labute approximate surface area is 152 Å². The number of alkyl carbamates (subject to hydrolysis) is 1. The summed E-state index contributed by atoms with van der Waals surface area (Å²) in [6.45, 7) is 8.32. The van der Waals surface area contributed by atoms with E-state index in [9.17, 15) is 22.8 Å². The van der Waals surface area contributed by atoms with Crippen LogP contribution in [0.2, 0.25) is 0 Å². The van der Waals surface area contributed by atoms with Crippen LogP contribution in [0.5, 0.6) is 0 Å². The summed E-state index contributed by atoms with van der Waals surface area (Å²) in [5, 5.41) is 2.59. The monoisotopic (exact) mass is 381 g/mol. The number of allylic oxidation sites excluding steroid dienone is 4. The van der Waals surface area contributed by atoms with Gasteiger partial charge >= 0.3 is 6.09 Å². The predicted molar refractivity (Wildman–Crippen MR) is 94.8 cm³/mol. The van der Waals surface area contributed by atoms with Crippen LogP contribution in [-0.4, -0.2) is 34.9 Å². The number of alkyl halides is 1. The van der Waals surface area contributed by atoms with Gasteiger partial charge in [-0.3, -0.25) is 4.79 Å². The molecule has 1 amide bonds. The van der Waals surface area contributed by atoms with Crippen LogP contribution in [0.25, 0.3) is 0 Å². The zero-order valence-corrected chi connectivity index (χ0v) is 16.1. The second kappa shape index (κ2) is 9.89. The number of amides is 1. The maximum atomic E-state index is 12.8. The van der Waals surface area contributed by atoms with Crippen molar-refractivity contribution < 1.29 is 27.5 Å². The minimum Gasteiger partial charge on any atom is -0.444 e. The average Bonchev–Trinajstić information content (AvgIpc) is 2.41. The van der Waals surface area contributed by atoms with E-state index in [1.54, 1.807) is 27.7 Å². The molecule has 0 spiro atoms. The molecule has 0 heterocycles. The Hall–Kier alpha value is -1.44. The molecule has 4 nitrogen and oxygen atoms in total. The predicted octanol–water partition coefficient (Wildman–Crippen LogP) is 4.61. The summed E-state index contributed by atoms with van der Waals surface area (Å²) in [5.41, 5.74) is -2.24. The fourth-order valence-electron chi connectivity index (χ4n) is 1.75. The van der Waals surface area contributed by atoms with Crippen molar-refractivity contribution >= 4 is 24.5 Å². The summed E-state index contributed by atoms with van der Waals surface area (Å²) < 4.78 is 42.3. The lowest BCUT2D eigenvalue weighted by molar-refractivity contribution is -0.116. The fourth-order valence-corrected chi connectivity index (χ4v) is 1.88. The molecule has 0 aromatic heterocycles. The number of ketones is 1. The number of nitrogens with one attached hydrogen (secondary N) is 1. The third kappa shape index (κ3) is 11.7. The Morgan fingerprint density at radius 3 is 2.36 bits per heavy atom. The summed E-state index contributed by atoms with van der Waals surface area (Å²) in [6, 6.07) is -0.223. The molecule has 2 atom stereocenters. The van der Waals surface area contributed by atoms with Crippen LogP contribution >= 0.6 is 12.6 Å². The molecule has 0 aliphatic heterocycles. The quantitative estimate of drug-likeness (QED) is 0.699. The fraction of sp³-hybridized carbons (Fsp3) is 0.647. The first-order chi connectivity index (χ1) is 11.3. The summed E-state index contributed by atoms with van der Waals surface area (Å²) in [7, 11) is 0. The van der Waals surface area contributed by atoms with Gasteiger partial charge in [-0.05, 0) is 46.8 Å². The maximum absolute atomic E-state index is 12.8. The molecule has 0 saturated carbocycles. The third-order valence-electron chi connectivity index (χ3n) is 2.81. The molecule has 0 fully saturated rings. The van der Waals surface area contributed by atoms with E-state index in [1.807, 2.05) is 0 Å². The standard InChI is InChI=1S/C10H19NO3S.C7H7F3/c1-7(5-8(12)6-15)11-9(13)14-10(2,3)4;1-7(10)3-2-5(8)6(9)4-7/h7,15H,5-6H2,1-4H3,(H,11,13);2-3H,4H2,1H3. The Balaban J connectivity index is 0.000000496. The molecular weight excluding hydrogens is 355 g/mol. The topological polar surface area (TPSA) is 55.4 Å². The molecule has 1 rings (SSSR count). The highest BCUT2D eigenvalue weighted by Gasteiger charge is 2.26. The molecule has 0 saturated heterocycles. The van der Waals surface area contributed by atoms with E-state index in [0.29, 0.717) is 0 Å². The average molecular weight is 381 g/mol. The van der Waals surface area contributed by atoms with Gasteiger partial charge in [0.15, 0.2) is 5.83 Å². The highest BCUT2D eigenvalue weighted by atomic mass is 32.1. The van der Waals surface area contributed by atoms with Crippen LogP contribution in [-0.2, 0) is 9.53 Å². The highest BCUT2D eigenvalue weighted by Crippen LogP contribution is 2.30. The summed E-state index contributed by atoms with van der Waals surface area (Å²) >= 11 is 3.86. The van der Waals surface area contributed by atoms with E-state index in [2.05, 4.69) is 17.9 Å². The van der Waals surface area contributed by atoms with Crippen molar-refractivity contribution in [3.63, 3.8) is 0 Å². The van der Waals surface area contributed by atoms with Gasteiger partial charge in [-0.2, -0.15) is 12.6 Å². The van der Waals surface area contributed by atoms with Gasteiger partial charge in [-0.25, -0.2) is 18.0 Å². The molecule has 0 bridgehead atoms. The summed E-state index contributed by atoms with van der Waals surface area (Å²) in [5.74, 6) is -1.77. The lowest BCUT2D eigenvalue weighted by Gasteiger charge is -2.21. The molecule has 1 aliphatic rings. The van der Waals surface area contributed by atoms with Gasteiger partial charge < -0.3 is 10.1 Å². The molecule has 2 unspecified atom stereocenters. The SMILES string of the molecule is CC(CC(=O)CS)NC(=O)OC(C)(C)C.CC1(F)C=CC(F)=C(F)C1. The van der Waals surface area contributed by atoms with Crippen molar-refractivity contribution in [2.75, 3.05) is 5.75 Å². The second-order valence-electron chi connectivity index (χ2n) is 6.99. The van der Waals surface area contributed by atoms with Crippen molar-refractivity contribution in [2.45, 2.75) is 64.8 Å². The maximum Gasteiger partial charge on any atom is 0.407 e. The normalized spacial score (nSPS) is 21.2. The third-order valence-corrected chi connectivity index (χ3v) is 3.16. The van der Waals surface area contributed by atoms with Crippen LogP contribution in [0, 0.1) is 0 Å². The van der Waals surface area contributed by atoms with Crippen LogP contribution < -0.4 is 5.32 Å². The van der Waals surface area contributed by atoms with Crippen molar-refractivity contribution in [1.82, 2.24) is 5.32 Å². The smallest absolute Gasteiger partial charge is 0.407 e. The van der Waals surface area contributed by atoms with E-state index in [4.69, 9.17) is 4.74 Å². The van der Waals surface area contributed by atoms with E-state index in [0.717, 1.165) is 12.2 Å². The van der Waals surface area contributed by atoms with E-state index in [-0.39, 0.29) is 24.0 Å². The summed E-state index contributed by atoms with van der Waals surface area (Å²) in [4.78, 5) is 22.3. The van der Waals surface area contributed by atoms with Gasteiger partial charge in [0.1, 0.15) is 22.9 Å². The lowest BCUT2D eigenvalue weighted by atomic mass is 9.99. The van der Waals surface area contributed by atoms with Gasteiger partial charge in [-0.1, -0.05) is 0 Å². The van der Waals surface area contributed by atoms with Crippen LogP contribution in [0.1, 0.15) is 47.5 Å². The largest absolute Gasteiger partial charge is 0.444 e. The molecule has 1 aliphatic carbocycles. The van der Waals surface area contributed by atoms with Gasteiger partial charge in [0.25, 0.3) is 0 Å². The van der Waals surface area contributed by atoms with E-state index < -0.39 is 35.4 Å². The first kappa shape index (κ1) is 23.6. The Kier molecular flexibility index (Phi) is 9.32. The van der Waals surface area contributed by atoms with Crippen LogP contribution in [0.4, 0.5) is 18.0 Å². The second-order valence-corrected chi connectivity index (χ2v) is 7.31. The van der Waals surface area contributed by atoms with E-state index in [1.165, 1.54) is 6.92 Å². The minimum atomic E-state index is -1.72. The minimum absolute atomic E-state index is 0.00175. The first-order valence-corrected chi connectivity index (χ1v) is 8.43. The number of carbonyl (C=O) groups excluding carboxylic acids is 2. The number of ether oxygens (including phenoxy) is 1. The molecule has 1 N–H and O–H groups in total. The number of Topliss-reactive ketones (excluding diaryl/α,β-unsaturated/α-hetero) is 1. The van der Waals surface area contributed by atoms with Crippen LogP contribution in [0.15, 0.2) is 23.8 Å². The number of thiol groups is 1. The lowest BCUT2D eigenvalue weighted by Crippen LogP contribution is -2.38.